The van der Waals surface area contributed by atoms with E-state index in [2.05, 4.69) is 26.5 Å². The van der Waals surface area contributed by atoms with Crippen molar-refractivity contribution in [2.75, 3.05) is 0 Å². The monoisotopic (exact) mass is 458 g/mol. The summed E-state index contributed by atoms with van der Waals surface area (Å²) in [6, 6.07) is 15.5. The van der Waals surface area contributed by atoms with Gasteiger partial charge in [-0.3, -0.25) is 4.79 Å². The molecule has 1 heterocycles. The molecule has 0 radical (unpaired) electrons. The van der Waals surface area contributed by atoms with E-state index in [1.807, 2.05) is 17.5 Å². The molecule has 0 saturated heterocycles. The number of carbonyl (C=O) groups excluding carboxylic acids is 1. The maximum Gasteiger partial charge on any atom is 0.335 e. The van der Waals surface area contributed by atoms with Crippen LogP contribution in [0.5, 0.6) is 5.75 Å². The largest absolute Gasteiger partial charge is 0.488 e. The van der Waals surface area contributed by atoms with Gasteiger partial charge in [-0.2, -0.15) is 5.10 Å². The summed E-state index contributed by atoms with van der Waals surface area (Å²) >= 11 is 4.80. The fraction of sp³-hybridized carbons (Fsp3) is 0.0500. The molecular weight excluding hydrogens is 444 g/mol. The average Bonchev–Trinajstić information content (AvgIpc) is 3.22. The van der Waals surface area contributed by atoms with Crippen molar-refractivity contribution in [3.05, 3.63) is 86.0 Å². The van der Waals surface area contributed by atoms with E-state index in [1.54, 1.807) is 48.7 Å². The van der Waals surface area contributed by atoms with E-state index in [4.69, 9.17) is 9.84 Å². The van der Waals surface area contributed by atoms with Crippen molar-refractivity contribution in [3.63, 3.8) is 0 Å². The highest BCUT2D eigenvalue weighted by Gasteiger charge is 2.06. The molecule has 0 aliphatic rings. The van der Waals surface area contributed by atoms with Crippen molar-refractivity contribution in [2.24, 2.45) is 5.10 Å². The second-order valence-electron chi connectivity index (χ2n) is 5.66. The summed E-state index contributed by atoms with van der Waals surface area (Å²) < 4.78 is 6.50. The lowest BCUT2D eigenvalue weighted by Gasteiger charge is -2.09. The van der Waals surface area contributed by atoms with Gasteiger partial charge in [-0.05, 0) is 68.8 Å². The van der Waals surface area contributed by atoms with Crippen LogP contribution in [0.15, 0.2) is 69.6 Å². The van der Waals surface area contributed by atoms with E-state index in [1.165, 1.54) is 11.3 Å². The molecule has 0 aliphatic heterocycles. The third-order valence-corrected chi connectivity index (χ3v) is 5.16. The molecular formula is C20H15BrN2O4S. The first-order valence-electron chi connectivity index (χ1n) is 8.14. The Morgan fingerprint density at radius 3 is 2.61 bits per heavy atom. The molecule has 0 aliphatic carbocycles. The molecule has 0 atom stereocenters. The first-order chi connectivity index (χ1) is 13.5. The van der Waals surface area contributed by atoms with Crippen molar-refractivity contribution in [2.45, 2.75) is 6.61 Å². The average molecular weight is 459 g/mol. The number of hydrogen-bond donors (Lipinski definition) is 2. The second kappa shape index (κ2) is 9.29. The summed E-state index contributed by atoms with van der Waals surface area (Å²) in [5.74, 6) is -0.569. The first-order valence-corrected chi connectivity index (χ1v) is 9.81. The molecule has 2 N–H and O–H groups in total. The summed E-state index contributed by atoms with van der Waals surface area (Å²) in [4.78, 5) is 23.3. The van der Waals surface area contributed by atoms with E-state index in [-0.39, 0.29) is 11.5 Å². The van der Waals surface area contributed by atoms with Gasteiger partial charge in [-0.1, -0.05) is 18.2 Å². The summed E-state index contributed by atoms with van der Waals surface area (Å²) in [7, 11) is 0. The number of hydrazone groups is 1. The zero-order valence-corrected chi connectivity index (χ0v) is 16.9. The van der Waals surface area contributed by atoms with E-state index in [9.17, 15) is 9.59 Å². The van der Waals surface area contributed by atoms with Crippen LogP contribution in [0, 0.1) is 0 Å². The lowest BCUT2D eigenvalue weighted by molar-refractivity contribution is 0.0696. The summed E-state index contributed by atoms with van der Waals surface area (Å²) in [6.07, 6.45) is 1.55. The van der Waals surface area contributed by atoms with E-state index in [0.29, 0.717) is 17.2 Å². The predicted octanol–water partition coefficient (Wildman–Crippen LogP) is 4.55. The van der Waals surface area contributed by atoms with Gasteiger partial charge in [0.15, 0.2) is 0 Å². The van der Waals surface area contributed by atoms with Crippen LogP contribution in [0.3, 0.4) is 0 Å². The number of benzene rings is 2. The molecule has 2 aromatic carbocycles. The highest BCUT2D eigenvalue weighted by Crippen LogP contribution is 2.26. The number of amides is 1. The van der Waals surface area contributed by atoms with Gasteiger partial charge in [0.05, 0.1) is 21.1 Å². The number of carboxylic acid groups (broad SMARTS) is 1. The van der Waals surface area contributed by atoms with Gasteiger partial charge in [0, 0.05) is 0 Å². The molecule has 3 aromatic rings. The molecule has 6 nitrogen and oxygen atoms in total. The van der Waals surface area contributed by atoms with Gasteiger partial charge < -0.3 is 9.84 Å². The highest BCUT2D eigenvalue weighted by atomic mass is 79.9. The van der Waals surface area contributed by atoms with Crippen molar-refractivity contribution in [1.82, 2.24) is 5.43 Å². The van der Waals surface area contributed by atoms with Crippen molar-refractivity contribution in [3.8, 4) is 5.75 Å². The normalized spacial score (nSPS) is 10.8. The van der Waals surface area contributed by atoms with Crippen LogP contribution in [0.1, 0.15) is 31.2 Å². The van der Waals surface area contributed by atoms with Gasteiger partial charge in [0.1, 0.15) is 12.4 Å². The number of halogens is 1. The fourth-order valence-electron chi connectivity index (χ4n) is 2.25. The molecule has 0 fully saturated rings. The quantitative estimate of drug-likeness (QED) is 0.401. The minimum Gasteiger partial charge on any atom is -0.488 e. The van der Waals surface area contributed by atoms with Crippen LogP contribution in [0.2, 0.25) is 0 Å². The van der Waals surface area contributed by atoms with Crippen LogP contribution in [-0.2, 0) is 6.61 Å². The van der Waals surface area contributed by atoms with Gasteiger partial charge in [-0.15, -0.1) is 11.3 Å². The lowest BCUT2D eigenvalue weighted by atomic mass is 10.1. The third-order valence-electron chi connectivity index (χ3n) is 3.68. The summed E-state index contributed by atoms with van der Waals surface area (Å²) in [6.45, 7) is 0.308. The topological polar surface area (TPSA) is 88.0 Å². The molecule has 142 valence electrons. The van der Waals surface area contributed by atoms with Crippen LogP contribution >= 0.6 is 27.3 Å². The van der Waals surface area contributed by atoms with Crippen LogP contribution in [0.25, 0.3) is 0 Å². The SMILES string of the molecule is O=C(O)c1ccc(COc2ccc(/C=N\NC(=O)c3cccs3)cc2Br)cc1. The number of ether oxygens (including phenoxy) is 1. The molecule has 3 rings (SSSR count). The van der Waals surface area contributed by atoms with E-state index in [0.717, 1.165) is 15.6 Å². The molecule has 28 heavy (non-hydrogen) atoms. The van der Waals surface area contributed by atoms with Crippen LogP contribution in [-0.4, -0.2) is 23.2 Å². The summed E-state index contributed by atoms with van der Waals surface area (Å²) in [5.41, 5.74) is 4.36. The number of carboxylic acids is 1. The molecule has 0 saturated carbocycles. The number of thiophene rings is 1. The Labute approximate surface area is 173 Å². The Hall–Kier alpha value is -2.97. The first kappa shape index (κ1) is 19.8. The van der Waals surface area contributed by atoms with E-state index >= 15 is 0 Å². The second-order valence-corrected chi connectivity index (χ2v) is 7.46. The standard InChI is InChI=1S/C20H15BrN2O4S/c21-16-10-14(11-22-23-19(24)18-2-1-9-28-18)5-8-17(16)27-12-13-3-6-15(7-4-13)20(25)26/h1-11H,12H2,(H,23,24)(H,25,26)/b22-11-. The Morgan fingerprint density at radius 1 is 1.18 bits per heavy atom. The van der Waals surface area contributed by atoms with Crippen LogP contribution < -0.4 is 10.2 Å². The minimum absolute atomic E-state index is 0.236. The molecule has 0 bridgehead atoms. The number of nitrogens with zero attached hydrogens (tertiary/aromatic N) is 1. The molecule has 0 spiro atoms. The summed E-state index contributed by atoms with van der Waals surface area (Å²) in [5, 5.41) is 14.7. The fourth-order valence-corrected chi connectivity index (χ4v) is 3.37. The van der Waals surface area contributed by atoms with Gasteiger partial charge >= 0.3 is 5.97 Å². The lowest BCUT2D eigenvalue weighted by Crippen LogP contribution is -2.16. The van der Waals surface area contributed by atoms with Gasteiger partial charge in [0.2, 0.25) is 0 Å². The molecule has 8 heteroatoms. The highest BCUT2D eigenvalue weighted by molar-refractivity contribution is 9.10. The Bertz CT molecular complexity index is 1000. The maximum absolute atomic E-state index is 11.8. The maximum atomic E-state index is 11.8. The van der Waals surface area contributed by atoms with Crippen molar-refractivity contribution < 1.29 is 19.4 Å². The number of rotatable bonds is 7. The van der Waals surface area contributed by atoms with E-state index < -0.39 is 5.97 Å². The Morgan fingerprint density at radius 2 is 1.96 bits per heavy atom. The smallest absolute Gasteiger partial charge is 0.335 e. The number of aromatic carboxylic acids is 1. The Kier molecular flexibility index (Phi) is 6.57. The minimum atomic E-state index is -0.959. The van der Waals surface area contributed by atoms with Gasteiger partial charge in [0.25, 0.3) is 5.91 Å². The number of hydrogen-bond acceptors (Lipinski definition) is 5. The van der Waals surface area contributed by atoms with Gasteiger partial charge in [-0.25, -0.2) is 10.2 Å². The molecule has 1 aromatic heterocycles. The zero-order chi connectivity index (χ0) is 19.9. The number of carbonyl (C=O) groups is 2. The van der Waals surface area contributed by atoms with Crippen molar-refractivity contribution >= 4 is 45.4 Å². The Balaban J connectivity index is 1.56. The predicted molar refractivity (Wildman–Crippen MR) is 111 cm³/mol. The third kappa shape index (κ3) is 5.28. The van der Waals surface area contributed by atoms with Crippen LogP contribution in [0.4, 0.5) is 0 Å². The number of nitrogens with one attached hydrogen (secondary N) is 1. The molecule has 1 amide bonds. The molecule has 0 unspecified atom stereocenters. The zero-order valence-electron chi connectivity index (χ0n) is 14.5. The van der Waals surface area contributed by atoms with Crippen molar-refractivity contribution in [1.29, 1.82) is 0 Å².